The fraction of sp³-hybridized carbons (Fsp3) is 0.923. The minimum absolute atomic E-state index is 0.194. The smallest absolute Gasteiger partial charge is 0.149 e. The highest BCUT2D eigenvalue weighted by Crippen LogP contribution is 2.21. The van der Waals surface area contributed by atoms with Gasteiger partial charge in [0.2, 0.25) is 0 Å². The molecule has 1 saturated carbocycles. The number of thioether (sulfide) groups is 1. The molecular formula is C13H25NOS. The summed E-state index contributed by atoms with van der Waals surface area (Å²) in [4.78, 5) is 14.4. The molecule has 1 rings (SSSR count). The van der Waals surface area contributed by atoms with Crippen LogP contribution in [0.4, 0.5) is 0 Å². The quantitative estimate of drug-likeness (QED) is 0.692. The van der Waals surface area contributed by atoms with E-state index in [2.05, 4.69) is 25.1 Å². The highest BCUT2D eigenvalue weighted by molar-refractivity contribution is 7.98. The van der Waals surface area contributed by atoms with Crippen molar-refractivity contribution < 1.29 is 4.79 Å². The van der Waals surface area contributed by atoms with E-state index >= 15 is 0 Å². The third kappa shape index (κ3) is 3.77. The summed E-state index contributed by atoms with van der Waals surface area (Å²) >= 11 is 1.88. The minimum Gasteiger partial charge on any atom is -0.298 e. The second kappa shape index (κ2) is 7.33. The zero-order valence-electron chi connectivity index (χ0n) is 10.9. The van der Waals surface area contributed by atoms with E-state index in [-0.39, 0.29) is 6.04 Å². The summed E-state index contributed by atoms with van der Waals surface area (Å²) in [7, 11) is 2.14. The molecule has 1 aliphatic rings. The lowest BCUT2D eigenvalue weighted by molar-refractivity contribution is -0.124. The highest BCUT2D eigenvalue weighted by atomic mass is 32.2. The molecule has 0 radical (unpaired) electrons. The number of ketones is 1. The average molecular weight is 243 g/mol. The summed E-state index contributed by atoms with van der Waals surface area (Å²) in [6.45, 7) is 2.22. The van der Waals surface area contributed by atoms with Crippen molar-refractivity contribution >= 4 is 17.5 Å². The molecule has 2 nitrogen and oxygen atoms in total. The normalized spacial score (nSPS) is 24.5. The van der Waals surface area contributed by atoms with Gasteiger partial charge >= 0.3 is 0 Å². The second-order valence-electron chi connectivity index (χ2n) is 4.76. The Labute approximate surface area is 104 Å². The molecule has 0 saturated heterocycles. The number of hydrogen-bond donors (Lipinski definition) is 0. The van der Waals surface area contributed by atoms with E-state index in [9.17, 15) is 4.79 Å². The number of carbonyl (C=O) groups excluding carboxylic acids is 1. The zero-order valence-corrected chi connectivity index (χ0v) is 11.7. The molecule has 16 heavy (non-hydrogen) atoms. The van der Waals surface area contributed by atoms with E-state index in [1.54, 1.807) is 0 Å². The summed E-state index contributed by atoms with van der Waals surface area (Å²) in [5.41, 5.74) is 0. The number of hydrogen-bond acceptors (Lipinski definition) is 3. The maximum atomic E-state index is 12.0. The van der Waals surface area contributed by atoms with Crippen LogP contribution < -0.4 is 0 Å². The maximum absolute atomic E-state index is 12.0. The van der Waals surface area contributed by atoms with Crippen molar-refractivity contribution in [2.45, 2.75) is 57.5 Å². The average Bonchev–Trinajstić information content (AvgIpc) is 2.50. The molecule has 0 aliphatic heterocycles. The Morgan fingerprint density at radius 2 is 2.19 bits per heavy atom. The zero-order chi connectivity index (χ0) is 12.0. The molecule has 3 heteroatoms. The van der Waals surface area contributed by atoms with Crippen LogP contribution >= 0.6 is 11.8 Å². The molecule has 2 unspecified atom stereocenters. The molecule has 0 spiro atoms. The van der Waals surface area contributed by atoms with Crippen LogP contribution in [-0.4, -0.2) is 41.8 Å². The Kier molecular flexibility index (Phi) is 6.44. The largest absolute Gasteiger partial charge is 0.298 e. The van der Waals surface area contributed by atoms with Crippen LogP contribution in [0.25, 0.3) is 0 Å². The highest BCUT2D eigenvalue weighted by Gasteiger charge is 2.28. The molecule has 0 aromatic heterocycles. The van der Waals surface area contributed by atoms with Gasteiger partial charge in [-0.1, -0.05) is 19.8 Å². The predicted molar refractivity (Wildman–Crippen MR) is 72.1 cm³/mol. The number of carbonyl (C=O) groups is 1. The van der Waals surface area contributed by atoms with Gasteiger partial charge in [0.15, 0.2) is 0 Å². The van der Waals surface area contributed by atoms with Crippen molar-refractivity contribution in [3.8, 4) is 0 Å². The van der Waals surface area contributed by atoms with Crippen molar-refractivity contribution in [2.24, 2.45) is 0 Å². The van der Waals surface area contributed by atoms with Crippen LogP contribution in [0.15, 0.2) is 0 Å². The number of nitrogens with zero attached hydrogens (tertiary/aromatic N) is 1. The first-order chi connectivity index (χ1) is 7.70. The van der Waals surface area contributed by atoms with Gasteiger partial charge in [-0.05, 0) is 32.6 Å². The number of Topliss-reactive ketones (excluding diaryl/α,β-unsaturated/α-hetero) is 1. The van der Waals surface area contributed by atoms with Gasteiger partial charge in [-0.25, -0.2) is 0 Å². The van der Waals surface area contributed by atoms with E-state index < -0.39 is 0 Å². The van der Waals surface area contributed by atoms with Gasteiger partial charge in [0.25, 0.3) is 0 Å². The summed E-state index contributed by atoms with van der Waals surface area (Å²) in [5, 5.41) is 0. The molecule has 0 amide bonds. The van der Waals surface area contributed by atoms with Crippen molar-refractivity contribution in [1.29, 1.82) is 0 Å². The van der Waals surface area contributed by atoms with Gasteiger partial charge in [-0.15, -0.1) is 0 Å². The van der Waals surface area contributed by atoms with Gasteiger partial charge < -0.3 is 0 Å². The third-order valence-electron chi connectivity index (χ3n) is 3.67. The standard InChI is InChI=1S/C13H25NOS/c1-4-11(10-16-3)14(2)12-8-6-5-7-9-13(12)15/h11-12H,4-10H2,1-3H3. The van der Waals surface area contributed by atoms with Crippen LogP contribution in [-0.2, 0) is 4.79 Å². The molecule has 1 aliphatic carbocycles. The summed E-state index contributed by atoms with van der Waals surface area (Å²) in [6, 6.07) is 0.752. The summed E-state index contributed by atoms with van der Waals surface area (Å²) < 4.78 is 0. The Hall–Kier alpha value is -0.0200. The first-order valence-electron chi connectivity index (χ1n) is 6.44. The van der Waals surface area contributed by atoms with E-state index in [0.29, 0.717) is 11.8 Å². The molecule has 1 fully saturated rings. The molecule has 0 aromatic carbocycles. The van der Waals surface area contributed by atoms with Gasteiger partial charge in [0, 0.05) is 18.2 Å². The predicted octanol–water partition coefficient (Wildman–Crippen LogP) is 2.96. The van der Waals surface area contributed by atoms with Gasteiger partial charge in [0.1, 0.15) is 5.78 Å². The Balaban J connectivity index is 2.60. The Morgan fingerprint density at radius 3 is 2.81 bits per heavy atom. The van der Waals surface area contributed by atoms with Crippen LogP contribution in [0.3, 0.4) is 0 Å². The summed E-state index contributed by atoms with van der Waals surface area (Å²) in [6.07, 6.45) is 8.70. The van der Waals surface area contributed by atoms with Crippen LogP contribution in [0.1, 0.15) is 45.4 Å². The lowest BCUT2D eigenvalue weighted by atomic mass is 10.0. The molecular weight excluding hydrogens is 218 g/mol. The van der Waals surface area contributed by atoms with Gasteiger partial charge in [-0.3, -0.25) is 9.69 Å². The SMILES string of the molecule is CCC(CSC)N(C)C1CCCCCC1=O. The van der Waals surface area contributed by atoms with Crippen molar-refractivity contribution in [3.63, 3.8) is 0 Å². The molecule has 0 aromatic rings. The van der Waals surface area contributed by atoms with Crippen molar-refractivity contribution in [2.75, 3.05) is 19.1 Å². The van der Waals surface area contributed by atoms with E-state index in [1.165, 1.54) is 12.8 Å². The van der Waals surface area contributed by atoms with E-state index in [0.717, 1.165) is 31.4 Å². The minimum atomic E-state index is 0.194. The van der Waals surface area contributed by atoms with Gasteiger partial charge in [-0.2, -0.15) is 11.8 Å². The molecule has 94 valence electrons. The lowest BCUT2D eigenvalue weighted by Gasteiger charge is -2.33. The topological polar surface area (TPSA) is 20.3 Å². The fourth-order valence-corrected chi connectivity index (χ4v) is 3.40. The second-order valence-corrected chi connectivity index (χ2v) is 5.68. The van der Waals surface area contributed by atoms with Crippen LogP contribution in [0, 0.1) is 0 Å². The monoisotopic (exact) mass is 243 g/mol. The van der Waals surface area contributed by atoms with Crippen molar-refractivity contribution in [3.05, 3.63) is 0 Å². The molecule has 0 heterocycles. The van der Waals surface area contributed by atoms with Gasteiger partial charge in [0.05, 0.1) is 6.04 Å². The number of likely N-dealkylation sites (N-methyl/N-ethyl adjacent to an activating group) is 1. The van der Waals surface area contributed by atoms with E-state index in [4.69, 9.17) is 0 Å². The third-order valence-corrected chi connectivity index (χ3v) is 4.39. The Bertz CT molecular complexity index is 220. The maximum Gasteiger partial charge on any atom is 0.149 e. The lowest BCUT2D eigenvalue weighted by Crippen LogP contribution is -2.45. The number of rotatable bonds is 5. The fourth-order valence-electron chi connectivity index (χ4n) is 2.54. The molecule has 0 N–H and O–H groups in total. The Morgan fingerprint density at radius 1 is 1.44 bits per heavy atom. The summed E-state index contributed by atoms with van der Waals surface area (Å²) in [5.74, 6) is 1.61. The van der Waals surface area contributed by atoms with Crippen LogP contribution in [0.5, 0.6) is 0 Å². The van der Waals surface area contributed by atoms with E-state index in [1.807, 2.05) is 11.8 Å². The molecule has 0 bridgehead atoms. The van der Waals surface area contributed by atoms with Crippen LogP contribution in [0.2, 0.25) is 0 Å². The van der Waals surface area contributed by atoms with Crippen molar-refractivity contribution in [1.82, 2.24) is 4.90 Å². The molecule has 2 atom stereocenters. The first kappa shape index (κ1) is 14.0. The first-order valence-corrected chi connectivity index (χ1v) is 7.83.